The second-order valence-electron chi connectivity index (χ2n) is 9.02. The summed E-state index contributed by atoms with van der Waals surface area (Å²) >= 11 is 0. The Morgan fingerprint density at radius 2 is 1.84 bits per heavy atom. The number of nitriles is 1. The summed E-state index contributed by atoms with van der Waals surface area (Å²) in [5.41, 5.74) is 6.65. The molecule has 6 heteroatoms. The molecule has 0 radical (unpaired) electrons. The van der Waals surface area contributed by atoms with Crippen LogP contribution in [0.2, 0.25) is 0 Å². The minimum atomic E-state index is 0.221. The molecule has 0 unspecified atom stereocenters. The van der Waals surface area contributed by atoms with Crippen molar-refractivity contribution in [3.8, 4) is 6.07 Å². The van der Waals surface area contributed by atoms with E-state index < -0.39 is 0 Å². The maximum absolute atomic E-state index is 12.9. The van der Waals surface area contributed by atoms with Gasteiger partial charge in [-0.2, -0.15) is 10.4 Å². The van der Waals surface area contributed by atoms with E-state index in [9.17, 15) is 10.1 Å². The summed E-state index contributed by atoms with van der Waals surface area (Å²) in [6, 6.07) is 11.0. The molecule has 0 aliphatic carbocycles. The number of fused-ring (bicyclic) bond motifs is 1. The van der Waals surface area contributed by atoms with Crippen LogP contribution in [-0.2, 0) is 17.6 Å². The highest BCUT2D eigenvalue weighted by molar-refractivity contribution is 5.76. The molecule has 0 spiro atoms. The highest BCUT2D eigenvalue weighted by atomic mass is 16.2. The van der Waals surface area contributed by atoms with Crippen LogP contribution in [0.4, 0.5) is 0 Å². The Morgan fingerprint density at radius 3 is 2.53 bits per heavy atom. The molecule has 1 fully saturated rings. The van der Waals surface area contributed by atoms with E-state index in [1.165, 1.54) is 17.5 Å². The van der Waals surface area contributed by atoms with Gasteiger partial charge in [-0.05, 0) is 69.9 Å². The molecule has 4 rings (SSSR count). The van der Waals surface area contributed by atoms with Crippen LogP contribution in [0.15, 0.2) is 30.5 Å². The fraction of sp³-hybridized carbons (Fsp3) is 0.462. The van der Waals surface area contributed by atoms with Gasteiger partial charge in [0.25, 0.3) is 0 Å². The number of amides is 1. The monoisotopic (exact) mass is 429 g/mol. The standard InChI is InChI=1S/C26H31N5O/c1-18-4-6-21(7-5-18)8-9-22-12-14-30(15-13-22)25(32)11-10-24-19(2)29-26-23(16-27)17-28-31(26)20(24)3/h4-7,17,22H,8-15H2,1-3H3. The quantitative estimate of drug-likeness (QED) is 0.584. The van der Waals surface area contributed by atoms with Gasteiger partial charge in [0, 0.05) is 30.9 Å². The van der Waals surface area contributed by atoms with E-state index in [4.69, 9.17) is 0 Å². The third kappa shape index (κ3) is 4.67. The molecule has 1 saturated heterocycles. The molecule has 1 aliphatic heterocycles. The Morgan fingerprint density at radius 1 is 1.12 bits per heavy atom. The van der Waals surface area contributed by atoms with E-state index in [0.29, 0.717) is 30.0 Å². The molecule has 6 nitrogen and oxygen atoms in total. The molecule has 1 aromatic carbocycles. The number of rotatable bonds is 6. The number of piperidine rings is 1. The van der Waals surface area contributed by atoms with Crippen LogP contribution < -0.4 is 0 Å². The lowest BCUT2D eigenvalue weighted by molar-refractivity contribution is -0.132. The van der Waals surface area contributed by atoms with Gasteiger partial charge < -0.3 is 4.90 Å². The largest absolute Gasteiger partial charge is 0.343 e. The topological polar surface area (TPSA) is 74.3 Å². The number of benzene rings is 1. The first kappa shape index (κ1) is 22.0. The van der Waals surface area contributed by atoms with Crippen molar-refractivity contribution in [2.24, 2.45) is 5.92 Å². The Bertz CT molecular complexity index is 1150. The molecule has 0 saturated carbocycles. The number of carbonyl (C=O) groups is 1. The van der Waals surface area contributed by atoms with Crippen molar-refractivity contribution >= 4 is 11.6 Å². The van der Waals surface area contributed by atoms with Crippen molar-refractivity contribution in [1.29, 1.82) is 5.26 Å². The van der Waals surface area contributed by atoms with Crippen LogP contribution in [0, 0.1) is 38.0 Å². The maximum Gasteiger partial charge on any atom is 0.222 e. The lowest BCUT2D eigenvalue weighted by atomic mass is 9.90. The Labute approximate surface area is 189 Å². The number of hydrogen-bond acceptors (Lipinski definition) is 4. The first-order chi connectivity index (χ1) is 15.5. The van der Waals surface area contributed by atoms with Gasteiger partial charge in [-0.3, -0.25) is 4.79 Å². The van der Waals surface area contributed by atoms with Crippen molar-refractivity contribution in [1.82, 2.24) is 19.5 Å². The van der Waals surface area contributed by atoms with Gasteiger partial charge >= 0.3 is 0 Å². The second-order valence-corrected chi connectivity index (χ2v) is 9.02. The smallest absolute Gasteiger partial charge is 0.222 e. The molecule has 3 heterocycles. The fourth-order valence-electron chi connectivity index (χ4n) is 4.74. The molecule has 2 aromatic heterocycles. The lowest BCUT2D eigenvalue weighted by Crippen LogP contribution is -2.38. The highest BCUT2D eigenvalue weighted by Gasteiger charge is 2.23. The van der Waals surface area contributed by atoms with E-state index in [1.54, 1.807) is 10.7 Å². The summed E-state index contributed by atoms with van der Waals surface area (Å²) in [5, 5.41) is 13.5. The third-order valence-electron chi connectivity index (χ3n) is 6.85. The van der Waals surface area contributed by atoms with Crippen LogP contribution in [0.5, 0.6) is 0 Å². The zero-order chi connectivity index (χ0) is 22.7. The summed E-state index contributed by atoms with van der Waals surface area (Å²) in [6.45, 7) is 7.76. The molecule has 0 N–H and O–H groups in total. The number of hydrogen-bond donors (Lipinski definition) is 0. The SMILES string of the molecule is Cc1ccc(CCC2CCN(C(=O)CCc3c(C)nc4c(C#N)cnn4c3C)CC2)cc1. The number of nitrogens with zero attached hydrogens (tertiary/aromatic N) is 5. The van der Waals surface area contributed by atoms with Gasteiger partial charge in [0.1, 0.15) is 11.6 Å². The molecule has 1 amide bonds. The summed E-state index contributed by atoms with van der Waals surface area (Å²) in [7, 11) is 0. The average molecular weight is 430 g/mol. The highest BCUT2D eigenvalue weighted by Crippen LogP contribution is 2.24. The molecule has 166 valence electrons. The molecule has 3 aromatic rings. The van der Waals surface area contributed by atoms with E-state index in [1.807, 2.05) is 18.7 Å². The molecule has 32 heavy (non-hydrogen) atoms. The molecular formula is C26H31N5O. The summed E-state index contributed by atoms with van der Waals surface area (Å²) in [4.78, 5) is 19.5. The van der Waals surface area contributed by atoms with Gasteiger partial charge in [-0.25, -0.2) is 9.50 Å². The van der Waals surface area contributed by atoms with Gasteiger partial charge in [-0.1, -0.05) is 29.8 Å². The predicted molar refractivity (Wildman–Crippen MR) is 124 cm³/mol. The van der Waals surface area contributed by atoms with Crippen molar-refractivity contribution < 1.29 is 4.79 Å². The minimum Gasteiger partial charge on any atom is -0.343 e. The summed E-state index contributed by atoms with van der Waals surface area (Å²) in [5.74, 6) is 0.921. The normalized spacial score (nSPS) is 14.6. The zero-order valence-electron chi connectivity index (χ0n) is 19.3. The van der Waals surface area contributed by atoms with Crippen molar-refractivity contribution in [3.63, 3.8) is 0 Å². The van der Waals surface area contributed by atoms with E-state index in [-0.39, 0.29) is 5.91 Å². The molecule has 1 aliphatic rings. The van der Waals surface area contributed by atoms with E-state index >= 15 is 0 Å². The molecule has 0 atom stereocenters. The van der Waals surface area contributed by atoms with E-state index in [0.717, 1.165) is 49.3 Å². The number of carbonyl (C=O) groups excluding carboxylic acids is 1. The number of aryl methyl sites for hydroxylation is 4. The number of likely N-dealkylation sites (tertiary alicyclic amines) is 1. The second kappa shape index (κ2) is 9.52. The van der Waals surface area contributed by atoms with Crippen LogP contribution in [0.1, 0.15) is 59.3 Å². The first-order valence-corrected chi connectivity index (χ1v) is 11.5. The van der Waals surface area contributed by atoms with Crippen LogP contribution >= 0.6 is 0 Å². The van der Waals surface area contributed by atoms with Gasteiger partial charge in [0.05, 0.1) is 6.20 Å². The average Bonchev–Trinajstić information content (AvgIpc) is 3.21. The van der Waals surface area contributed by atoms with Crippen molar-refractivity contribution in [2.45, 2.75) is 59.3 Å². The van der Waals surface area contributed by atoms with Crippen LogP contribution in [0.3, 0.4) is 0 Å². The number of aromatic nitrogens is 3. The lowest BCUT2D eigenvalue weighted by Gasteiger charge is -2.32. The minimum absolute atomic E-state index is 0.221. The zero-order valence-corrected chi connectivity index (χ0v) is 19.3. The summed E-state index contributed by atoms with van der Waals surface area (Å²) in [6.07, 6.45) is 7.18. The predicted octanol–water partition coefficient (Wildman–Crippen LogP) is 4.33. The maximum atomic E-state index is 12.9. The summed E-state index contributed by atoms with van der Waals surface area (Å²) < 4.78 is 1.71. The van der Waals surface area contributed by atoms with Crippen LogP contribution in [0.25, 0.3) is 5.65 Å². The Kier molecular flexibility index (Phi) is 6.55. The first-order valence-electron chi connectivity index (χ1n) is 11.5. The molecular weight excluding hydrogens is 398 g/mol. The van der Waals surface area contributed by atoms with Gasteiger partial charge in [-0.15, -0.1) is 0 Å². The third-order valence-corrected chi connectivity index (χ3v) is 6.85. The van der Waals surface area contributed by atoms with Gasteiger partial charge in [0.15, 0.2) is 5.65 Å². The molecule has 0 bridgehead atoms. The van der Waals surface area contributed by atoms with Gasteiger partial charge in [0.2, 0.25) is 5.91 Å². The Balaban J connectivity index is 1.29. The van der Waals surface area contributed by atoms with Crippen molar-refractivity contribution in [2.75, 3.05) is 13.1 Å². The fourth-order valence-corrected chi connectivity index (χ4v) is 4.74. The van der Waals surface area contributed by atoms with Crippen molar-refractivity contribution in [3.05, 3.63) is 64.1 Å². The van der Waals surface area contributed by atoms with E-state index in [2.05, 4.69) is 47.3 Å². The Hall–Kier alpha value is -3.20. The van der Waals surface area contributed by atoms with Crippen LogP contribution in [-0.4, -0.2) is 38.5 Å².